The predicted molar refractivity (Wildman–Crippen MR) is 65.7 cm³/mol. The van der Waals surface area contributed by atoms with Gasteiger partial charge in [0, 0.05) is 36.4 Å². The van der Waals surface area contributed by atoms with Crippen molar-refractivity contribution in [2.45, 2.75) is 0 Å². The second-order valence-electron chi connectivity index (χ2n) is 3.79. The van der Waals surface area contributed by atoms with Crippen LogP contribution in [0.2, 0.25) is 0 Å². The molecule has 0 aliphatic carbocycles. The number of fused-ring (bicyclic) bond motifs is 6. The molecule has 0 N–H and O–H groups in total. The Morgan fingerprint density at radius 1 is 0.556 bits per heavy atom. The van der Waals surface area contributed by atoms with Crippen LogP contribution < -0.4 is 0 Å². The molecule has 6 nitrogen and oxygen atoms in total. The van der Waals surface area contributed by atoms with Gasteiger partial charge in [0.25, 0.3) is 0 Å². The molecule has 0 bridgehead atoms. The molecule has 0 saturated heterocycles. The molecule has 3 aromatic heterocycles. The summed E-state index contributed by atoms with van der Waals surface area (Å²) < 4.78 is 0. The third kappa shape index (κ3) is 1.11. The summed E-state index contributed by atoms with van der Waals surface area (Å²) in [5.41, 5.74) is 3.67. The van der Waals surface area contributed by atoms with Gasteiger partial charge in [0.1, 0.15) is 33.9 Å². The topological polar surface area (TPSA) is 77.3 Å². The molecule has 1 aromatic carbocycles. The van der Waals surface area contributed by atoms with Gasteiger partial charge in [-0.25, -0.2) is 9.97 Å². The van der Waals surface area contributed by atoms with Crippen molar-refractivity contribution in [2.75, 3.05) is 0 Å². The SMILES string of the molecule is c1cnc2c(n1)c1cncnc1c1nccnc21. The molecule has 0 fully saturated rings. The van der Waals surface area contributed by atoms with E-state index in [1.807, 2.05) is 0 Å². The summed E-state index contributed by atoms with van der Waals surface area (Å²) in [6.45, 7) is 0. The van der Waals surface area contributed by atoms with Gasteiger partial charge in [-0.05, 0) is 0 Å². The third-order valence-corrected chi connectivity index (χ3v) is 2.81. The lowest BCUT2D eigenvalue weighted by molar-refractivity contribution is 1.21. The molecule has 6 heteroatoms. The Kier molecular flexibility index (Phi) is 1.74. The third-order valence-electron chi connectivity index (χ3n) is 2.81. The minimum atomic E-state index is 0.715. The van der Waals surface area contributed by atoms with E-state index in [4.69, 9.17) is 0 Å². The minimum absolute atomic E-state index is 0.715. The van der Waals surface area contributed by atoms with Gasteiger partial charge in [-0.3, -0.25) is 19.9 Å². The summed E-state index contributed by atoms with van der Waals surface area (Å²) in [6, 6.07) is 0. The van der Waals surface area contributed by atoms with Crippen molar-refractivity contribution < 1.29 is 0 Å². The highest BCUT2D eigenvalue weighted by molar-refractivity contribution is 6.18. The molecule has 84 valence electrons. The zero-order chi connectivity index (χ0) is 11.9. The first-order chi connectivity index (χ1) is 8.95. The lowest BCUT2D eigenvalue weighted by Gasteiger charge is -2.04. The van der Waals surface area contributed by atoms with E-state index < -0.39 is 0 Å². The fraction of sp³-hybridized carbons (Fsp3) is 0. The van der Waals surface area contributed by atoms with Gasteiger partial charge in [0.15, 0.2) is 0 Å². The van der Waals surface area contributed by atoms with Gasteiger partial charge in [-0.1, -0.05) is 0 Å². The predicted octanol–water partition coefficient (Wildman–Crippen LogP) is 1.52. The summed E-state index contributed by atoms with van der Waals surface area (Å²) in [4.78, 5) is 25.7. The van der Waals surface area contributed by atoms with Crippen LogP contribution in [0.4, 0.5) is 0 Å². The Labute approximate surface area is 101 Å². The summed E-state index contributed by atoms with van der Waals surface area (Å²) in [6.07, 6.45) is 9.81. The van der Waals surface area contributed by atoms with Gasteiger partial charge in [0.05, 0.1) is 0 Å². The van der Waals surface area contributed by atoms with Crippen molar-refractivity contribution in [2.24, 2.45) is 0 Å². The Morgan fingerprint density at radius 2 is 1.06 bits per heavy atom. The van der Waals surface area contributed by atoms with Crippen LogP contribution in [-0.4, -0.2) is 29.9 Å². The van der Waals surface area contributed by atoms with Crippen LogP contribution in [-0.2, 0) is 0 Å². The molecule has 18 heavy (non-hydrogen) atoms. The van der Waals surface area contributed by atoms with E-state index in [-0.39, 0.29) is 0 Å². The highest BCUT2D eigenvalue weighted by Gasteiger charge is 2.12. The van der Waals surface area contributed by atoms with E-state index in [1.54, 1.807) is 31.0 Å². The highest BCUT2D eigenvalue weighted by Crippen LogP contribution is 2.27. The fourth-order valence-electron chi connectivity index (χ4n) is 2.08. The van der Waals surface area contributed by atoms with E-state index in [9.17, 15) is 0 Å². The van der Waals surface area contributed by atoms with Crippen LogP contribution in [0.15, 0.2) is 37.3 Å². The van der Waals surface area contributed by atoms with Crippen molar-refractivity contribution in [1.29, 1.82) is 0 Å². The molecular weight excluding hydrogens is 228 g/mol. The Morgan fingerprint density at radius 3 is 1.72 bits per heavy atom. The smallest absolute Gasteiger partial charge is 0.119 e. The van der Waals surface area contributed by atoms with Crippen molar-refractivity contribution in [3.63, 3.8) is 0 Å². The molecule has 0 aliphatic rings. The van der Waals surface area contributed by atoms with Gasteiger partial charge < -0.3 is 0 Å². The number of hydrogen-bond donors (Lipinski definition) is 0. The first-order valence-electron chi connectivity index (χ1n) is 5.38. The minimum Gasteiger partial charge on any atom is -0.252 e. The molecule has 0 atom stereocenters. The first-order valence-corrected chi connectivity index (χ1v) is 5.38. The monoisotopic (exact) mass is 234 g/mol. The van der Waals surface area contributed by atoms with Crippen molar-refractivity contribution in [1.82, 2.24) is 29.9 Å². The zero-order valence-corrected chi connectivity index (χ0v) is 9.15. The van der Waals surface area contributed by atoms with E-state index in [2.05, 4.69) is 29.9 Å². The standard InChI is InChI=1S/C12H6N6/c1-2-15-10-8(14-1)7-5-13-6-18-9(7)11-12(10)17-4-3-16-11/h1-6H. The van der Waals surface area contributed by atoms with Gasteiger partial charge in [0.2, 0.25) is 0 Å². The largest absolute Gasteiger partial charge is 0.252 e. The van der Waals surface area contributed by atoms with Gasteiger partial charge in [-0.15, -0.1) is 0 Å². The Balaban J connectivity index is 2.46. The number of rotatable bonds is 0. The average Bonchev–Trinajstić information content (AvgIpc) is 2.48. The zero-order valence-electron chi connectivity index (χ0n) is 9.15. The molecular formula is C12H6N6. The molecule has 0 spiro atoms. The summed E-state index contributed by atoms with van der Waals surface area (Å²) >= 11 is 0. The lowest BCUT2D eigenvalue weighted by Crippen LogP contribution is -1.93. The average molecular weight is 234 g/mol. The maximum absolute atomic E-state index is 4.35. The number of benzene rings is 1. The van der Waals surface area contributed by atoms with E-state index in [0.29, 0.717) is 5.52 Å². The molecule has 0 radical (unpaired) electrons. The van der Waals surface area contributed by atoms with Gasteiger partial charge in [-0.2, -0.15) is 0 Å². The van der Waals surface area contributed by atoms with Crippen LogP contribution in [0.1, 0.15) is 0 Å². The van der Waals surface area contributed by atoms with Crippen molar-refractivity contribution in [3.8, 4) is 0 Å². The second-order valence-corrected chi connectivity index (χ2v) is 3.79. The Bertz CT molecular complexity index is 668. The van der Waals surface area contributed by atoms with Crippen LogP contribution in [0.25, 0.3) is 33.0 Å². The normalized spacial score (nSPS) is 11.3. The summed E-state index contributed by atoms with van der Waals surface area (Å²) in [5, 5.41) is 0.841. The van der Waals surface area contributed by atoms with Crippen LogP contribution in [0.5, 0.6) is 0 Å². The fourth-order valence-corrected chi connectivity index (χ4v) is 2.08. The van der Waals surface area contributed by atoms with Crippen molar-refractivity contribution >= 4 is 33.0 Å². The number of aromatic nitrogens is 6. The maximum atomic E-state index is 4.35. The molecule has 4 aromatic rings. The highest BCUT2D eigenvalue weighted by atomic mass is 14.9. The van der Waals surface area contributed by atoms with Gasteiger partial charge >= 0.3 is 0 Å². The number of hydrogen-bond acceptors (Lipinski definition) is 6. The van der Waals surface area contributed by atoms with Crippen LogP contribution >= 0.6 is 0 Å². The molecule has 0 unspecified atom stereocenters. The molecule has 0 amide bonds. The van der Waals surface area contributed by atoms with Crippen LogP contribution in [0, 0.1) is 0 Å². The molecule has 3 heterocycles. The first kappa shape index (κ1) is 9.29. The second kappa shape index (κ2) is 3.36. The summed E-state index contributed by atoms with van der Waals surface area (Å²) in [7, 11) is 0. The molecule has 0 saturated carbocycles. The van der Waals surface area contributed by atoms with Crippen molar-refractivity contribution in [3.05, 3.63) is 37.3 Å². The maximum Gasteiger partial charge on any atom is 0.119 e. The van der Waals surface area contributed by atoms with E-state index >= 15 is 0 Å². The van der Waals surface area contributed by atoms with E-state index in [0.717, 1.165) is 27.5 Å². The number of nitrogens with zero attached hydrogens (tertiary/aromatic N) is 6. The molecule has 4 rings (SSSR count). The summed E-state index contributed by atoms with van der Waals surface area (Å²) in [5.74, 6) is 0. The molecule has 0 aliphatic heterocycles. The lowest BCUT2D eigenvalue weighted by atomic mass is 10.1. The quantitative estimate of drug-likeness (QED) is 0.429. The van der Waals surface area contributed by atoms with Crippen LogP contribution in [0.3, 0.4) is 0 Å². The van der Waals surface area contributed by atoms with E-state index in [1.165, 1.54) is 6.33 Å². The Hall–Kier alpha value is -2.76.